The fraction of sp³-hybridized carbons (Fsp3) is 0.111. The molecule has 0 saturated heterocycles. The summed E-state index contributed by atoms with van der Waals surface area (Å²) in [4.78, 5) is 6.47. The smallest absolute Gasteiger partial charge is 0.286 e. The molecule has 1 aliphatic rings. The first kappa shape index (κ1) is 13.3. The Morgan fingerprint density at radius 2 is 1.91 bits per heavy atom. The second kappa shape index (κ2) is 5.14. The van der Waals surface area contributed by atoms with Gasteiger partial charge in [0.25, 0.3) is 6.33 Å². The summed E-state index contributed by atoms with van der Waals surface area (Å²) in [5, 5.41) is 0. The average molecular weight is 307 g/mol. The molecule has 2 heterocycles. The number of aromatic nitrogens is 2. The third-order valence-corrected chi connectivity index (χ3v) is 4.90. The standard InChI is InChI=1S/C18H15N2OS/c1-12-7-8-16-18(17(12)13-9-10-19-11-20(13)2)21-14-5-3-4-6-15(14)22-16/h3-11H,1-2H3/q+1. The summed E-state index contributed by atoms with van der Waals surface area (Å²) < 4.78 is 8.27. The minimum atomic E-state index is 0.920. The number of hydrogen-bond acceptors (Lipinski definition) is 3. The van der Waals surface area contributed by atoms with Crippen LogP contribution in [0.15, 0.2) is 64.8 Å². The number of fused-ring (bicyclic) bond motifs is 2. The predicted molar refractivity (Wildman–Crippen MR) is 86.2 cm³/mol. The van der Waals surface area contributed by atoms with Crippen LogP contribution >= 0.6 is 11.8 Å². The monoisotopic (exact) mass is 307 g/mol. The van der Waals surface area contributed by atoms with E-state index in [0.717, 1.165) is 32.5 Å². The predicted octanol–water partition coefficient (Wildman–Crippen LogP) is 4.14. The summed E-state index contributed by atoms with van der Waals surface area (Å²) in [6.07, 6.45) is 3.64. The van der Waals surface area contributed by atoms with Gasteiger partial charge in [-0.15, -0.1) is 0 Å². The van der Waals surface area contributed by atoms with E-state index >= 15 is 0 Å². The van der Waals surface area contributed by atoms with Gasteiger partial charge in [-0.05, 0) is 30.7 Å². The number of benzene rings is 2. The van der Waals surface area contributed by atoms with Gasteiger partial charge in [-0.3, -0.25) is 0 Å². The third kappa shape index (κ3) is 2.07. The van der Waals surface area contributed by atoms with Crippen molar-refractivity contribution >= 4 is 11.8 Å². The van der Waals surface area contributed by atoms with Crippen LogP contribution in [0.2, 0.25) is 0 Å². The maximum atomic E-state index is 6.24. The van der Waals surface area contributed by atoms with E-state index in [1.807, 2.05) is 48.4 Å². The van der Waals surface area contributed by atoms with Gasteiger partial charge in [0.1, 0.15) is 17.6 Å². The van der Waals surface area contributed by atoms with Crippen molar-refractivity contribution < 1.29 is 9.30 Å². The summed E-state index contributed by atoms with van der Waals surface area (Å²) in [6.45, 7) is 2.12. The summed E-state index contributed by atoms with van der Waals surface area (Å²) in [5.41, 5.74) is 3.43. The molecule has 0 bridgehead atoms. The molecule has 0 fully saturated rings. The highest BCUT2D eigenvalue weighted by molar-refractivity contribution is 7.99. The number of nitrogens with zero attached hydrogens (tertiary/aromatic N) is 2. The Balaban J connectivity index is 1.94. The first-order valence-electron chi connectivity index (χ1n) is 7.12. The van der Waals surface area contributed by atoms with Gasteiger partial charge in [-0.1, -0.05) is 34.9 Å². The molecule has 1 aromatic heterocycles. The SMILES string of the molecule is Cc1ccc2c(c1-c1ccnc[n+]1C)Oc1ccccc1S2. The van der Waals surface area contributed by atoms with Crippen molar-refractivity contribution in [3.05, 3.63) is 60.6 Å². The molecule has 0 spiro atoms. The summed E-state index contributed by atoms with van der Waals surface area (Å²) in [5.74, 6) is 1.86. The lowest BCUT2D eigenvalue weighted by atomic mass is 10.0. The van der Waals surface area contributed by atoms with E-state index in [2.05, 4.69) is 30.1 Å². The van der Waals surface area contributed by atoms with Crippen LogP contribution < -0.4 is 9.30 Å². The molecule has 0 atom stereocenters. The van der Waals surface area contributed by atoms with Crippen molar-refractivity contribution in [1.29, 1.82) is 0 Å². The van der Waals surface area contributed by atoms with Crippen LogP contribution in [0.25, 0.3) is 11.3 Å². The van der Waals surface area contributed by atoms with Crippen molar-refractivity contribution in [2.24, 2.45) is 7.05 Å². The van der Waals surface area contributed by atoms with E-state index in [-0.39, 0.29) is 0 Å². The fourth-order valence-electron chi connectivity index (χ4n) is 2.70. The Hall–Kier alpha value is -2.33. The number of aryl methyl sites for hydroxylation is 2. The van der Waals surface area contributed by atoms with Crippen molar-refractivity contribution in [3.8, 4) is 22.8 Å². The van der Waals surface area contributed by atoms with E-state index in [1.54, 1.807) is 11.8 Å². The highest BCUT2D eigenvalue weighted by Crippen LogP contribution is 2.50. The lowest BCUT2D eigenvalue weighted by Gasteiger charge is -2.22. The van der Waals surface area contributed by atoms with Crippen LogP contribution in [0.1, 0.15) is 5.56 Å². The second-order valence-corrected chi connectivity index (χ2v) is 6.40. The maximum absolute atomic E-state index is 6.24. The van der Waals surface area contributed by atoms with E-state index in [0.29, 0.717) is 0 Å². The highest BCUT2D eigenvalue weighted by Gasteiger charge is 2.24. The van der Waals surface area contributed by atoms with Gasteiger partial charge in [-0.25, -0.2) is 4.57 Å². The molecular formula is C18H15N2OS+. The number of ether oxygens (including phenoxy) is 1. The zero-order chi connectivity index (χ0) is 15.1. The van der Waals surface area contributed by atoms with Gasteiger partial charge in [0.05, 0.1) is 22.4 Å². The minimum absolute atomic E-state index is 0.920. The van der Waals surface area contributed by atoms with Crippen molar-refractivity contribution in [2.75, 3.05) is 0 Å². The van der Waals surface area contributed by atoms with Gasteiger partial charge < -0.3 is 4.74 Å². The van der Waals surface area contributed by atoms with Crippen molar-refractivity contribution in [3.63, 3.8) is 0 Å². The molecular weight excluding hydrogens is 292 g/mol. The Labute approximate surface area is 133 Å². The molecule has 2 aromatic carbocycles. The first-order valence-corrected chi connectivity index (χ1v) is 7.94. The molecule has 0 unspecified atom stereocenters. The Bertz CT molecular complexity index is 877. The van der Waals surface area contributed by atoms with E-state index in [9.17, 15) is 0 Å². The molecule has 0 N–H and O–H groups in total. The average Bonchev–Trinajstić information content (AvgIpc) is 2.54. The molecule has 22 heavy (non-hydrogen) atoms. The van der Waals surface area contributed by atoms with Crippen LogP contribution in [-0.4, -0.2) is 4.98 Å². The lowest BCUT2D eigenvalue weighted by molar-refractivity contribution is -0.663. The molecule has 4 heteroatoms. The van der Waals surface area contributed by atoms with E-state index < -0.39 is 0 Å². The molecule has 1 aliphatic heterocycles. The molecule has 108 valence electrons. The van der Waals surface area contributed by atoms with Crippen LogP contribution in [0.5, 0.6) is 11.5 Å². The second-order valence-electron chi connectivity index (χ2n) is 5.31. The number of hydrogen-bond donors (Lipinski definition) is 0. The lowest BCUT2D eigenvalue weighted by Crippen LogP contribution is -2.31. The Morgan fingerprint density at radius 3 is 2.77 bits per heavy atom. The van der Waals surface area contributed by atoms with Crippen LogP contribution in [0.3, 0.4) is 0 Å². The summed E-state index contributed by atoms with van der Waals surface area (Å²) >= 11 is 1.76. The van der Waals surface area contributed by atoms with E-state index in [1.165, 1.54) is 5.56 Å². The van der Waals surface area contributed by atoms with Gasteiger partial charge in [0.2, 0.25) is 0 Å². The quantitative estimate of drug-likeness (QED) is 0.494. The molecule has 3 aromatic rings. The normalized spacial score (nSPS) is 12.3. The zero-order valence-corrected chi connectivity index (χ0v) is 13.2. The van der Waals surface area contributed by atoms with Gasteiger partial charge in [-0.2, -0.15) is 0 Å². The number of rotatable bonds is 1. The largest absolute Gasteiger partial charge is 0.454 e. The van der Waals surface area contributed by atoms with Crippen molar-refractivity contribution in [1.82, 2.24) is 4.98 Å². The fourth-order valence-corrected chi connectivity index (χ4v) is 3.67. The first-order chi connectivity index (χ1) is 10.7. The van der Waals surface area contributed by atoms with Crippen molar-refractivity contribution in [2.45, 2.75) is 16.7 Å². The summed E-state index contributed by atoms with van der Waals surface area (Å²) in [6, 6.07) is 14.5. The molecule has 4 rings (SSSR count). The highest BCUT2D eigenvalue weighted by atomic mass is 32.2. The number of para-hydroxylation sites is 1. The van der Waals surface area contributed by atoms with Gasteiger partial charge >= 0.3 is 0 Å². The molecule has 0 saturated carbocycles. The Kier molecular flexibility index (Phi) is 3.12. The zero-order valence-electron chi connectivity index (χ0n) is 12.4. The van der Waals surface area contributed by atoms with Crippen LogP contribution in [0, 0.1) is 6.92 Å². The maximum Gasteiger partial charge on any atom is 0.286 e. The van der Waals surface area contributed by atoms with E-state index in [4.69, 9.17) is 4.74 Å². The molecule has 0 aliphatic carbocycles. The molecule has 3 nitrogen and oxygen atoms in total. The Morgan fingerprint density at radius 1 is 1.05 bits per heavy atom. The van der Waals surface area contributed by atoms with Gasteiger partial charge in [0, 0.05) is 6.07 Å². The summed E-state index contributed by atoms with van der Waals surface area (Å²) in [7, 11) is 2.01. The minimum Gasteiger partial charge on any atom is -0.454 e. The van der Waals surface area contributed by atoms with Crippen LogP contribution in [-0.2, 0) is 7.05 Å². The topological polar surface area (TPSA) is 26.0 Å². The third-order valence-electron chi connectivity index (χ3n) is 3.81. The molecule has 0 radical (unpaired) electrons. The van der Waals surface area contributed by atoms with Crippen LogP contribution in [0.4, 0.5) is 0 Å². The molecule has 0 amide bonds. The van der Waals surface area contributed by atoms with Gasteiger partial charge in [0.15, 0.2) is 5.75 Å².